The molecule has 6 heteroatoms. The molecular formula is C21H23N5O. The molecule has 2 aromatic carbocycles. The molecule has 1 aliphatic heterocycles. The molecule has 0 saturated heterocycles. The second-order valence-electron chi connectivity index (χ2n) is 6.75. The standard InChI is InChI=1S/C21H23N5O/c1-15-11-18-17(14-27-2)9-6-10-19(18)26(15)21-24-20(13-23-25-21)22-12-16-7-4-3-5-8-16/h3-10,13,15H,11-12,14H2,1-2H3,(H,22,24,25). The molecule has 0 spiro atoms. The average Bonchev–Trinajstić information content (AvgIpc) is 3.04. The van der Waals surface area contributed by atoms with Gasteiger partial charge in [-0.3, -0.25) is 0 Å². The molecule has 0 aliphatic carbocycles. The molecule has 3 aromatic rings. The highest BCUT2D eigenvalue weighted by Crippen LogP contribution is 2.38. The molecule has 1 N–H and O–H groups in total. The molecule has 27 heavy (non-hydrogen) atoms. The number of fused-ring (bicyclic) bond motifs is 1. The number of benzene rings is 2. The predicted molar refractivity (Wildman–Crippen MR) is 106 cm³/mol. The van der Waals surface area contributed by atoms with Gasteiger partial charge >= 0.3 is 0 Å². The second-order valence-corrected chi connectivity index (χ2v) is 6.75. The van der Waals surface area contributed by atoms with Crippen molar-refractivity contribution in [2.75, 3.05) is 17.3 Å². The molecule has 0 radical (unpaired) electrons. The summed E-state index contributed by atoms with van der Waals surface area (Å²) in [6, 6.07) is 16.8. The summed E-state index contributed by atoms with van der Waals surface area (Å²) in [6.07, 6.45) is 2.61. The van der Waals surface area contributed by atoms with Crippen LogP contribution < -0.4 is 10.2 Å². The third kappa shape index (κ3) is 3.61. The number of ether oxygens (including phenoxy) is 1. The zero-order valence-electron chi connectivity index (χ0n) is 15.6. The molecule has 0 amide bonds. The van der Waals surface area contributed by atoms with Crippen molar-refractivity contribution in [2.45, 2.75) is 32.5 Å². The van der Waals surface area contributed by atoms with Crippen LogP contribution >= 0.6 is 0 Å². The van der Waals surface area contributed by atoms with Crippen LogP contribution in [0, 0.1) is 0 Å². The van der Waals surface area contributed by atoms with Crippen molar-refractivity contribution in [3.63, 3.8) is 0 Å². The zero-order valence-corrected chi connectivity index (χ0v) is 15.6. The van der Waals surface area contributed by atoms with Crippen molar-refractivity contribution in [2.24, 2.45) is 0 Å². The Kier molecular flexibility index (Phi) is 4.98. The smallest absolute Gasteiger partial charge is 0.252 e. The Balaban J connectivity index is 1.58. The van der Waals surface area contributed by atoms with Gasteiger partial charge in [0.25, 0.3) is 5.95 Å². The van der Waals surface area contributed by atoms with Gasteiger partial charge in [0.05, 0.1) is 12.8 Å². The number of hydrogen-bond donors (Lipinski definition) is 1. The van der Waals surface area contributed by atoms with Gasteiger partial charge < -0.3 is 15.0 Å². The summed E-state index contributed by atoms with van der Waals surface area (Å²) < 4.78 is 5.35. The number of nitrogens with zero attached hydrogens (tertiary/aromatic N) is 4. The molecule has 6 nitrogen and oxygen atoms in total. The van der Waals surface area contributed by atoms with Crippen LogP contribution in [0.5, 0.6) is 0 Å². The van der Waals surface area contributed by atoms with E-state index in [1.807, 2.05) is 18.2 Å². The monoisotopic (exact) mass is 361 g/mol. The Labute approximate surface area is 159 Å². The molecule has 0 bridgehead atoms. The Morgan fingerprint density at radius 3 is 2.81 bits per heavy atom. The van der Waals surface area contributed by atoms with Crippen LogP contribution in [0.4, 0.5) is 17.5 Å². The van der Waals surface area contributed by atoms with E-state index in [4.69, 9.17) is 9.72 Å². The number of methoxy groups -OCH3 is 1. The summed E-state index contributed by atoms with van der Waals surface area (Å²) in [4.78, 5) is 6.87. The molecule has 4 rings (SSSR count). The normalized spacial score (nSPS) is 15.6. The fourth-order valence-corrected chi connectivity index (χ4v) is 3.57. The number of aromatic nitrogens is 3. The van der Waals surface area contributed by atoms with Gasteiger partial charge in [-0.25, -0.2) is 0 Å². The van der Waals surface area contributed by atoms with Crippen molar-refractivity contribution in [3.8, 4) is 0 Å². The lowest BCUT2D eigenvalue weighted by Crippen LogP contribution is -2.26. The minimum atomic E-state index is 0.268. The van der Waals surface area contributed by atoms with Gasteiger partial charge in [-0.15, -0.1) is 5.10 Å². The lowest BCUT2D eigenvalue weighted by molar-refractivity contribution is 0.184. The van der Waals surface area contributed by atoms with E-state index in [0.717, 1.165) is 17.9 Å². The van der Waals surface area contributed by atoms with Gasteiger partial charge in [0.1, 0.15) is 0 Å². The van der Waals surface area contributed by atoms with E-state index < -0.39 is 0 Å². The molecular weight excluding hydrogens is 338 g/mol. The molecule has 2 heterocycles. The molecule has 0 saturated carbocycles. The van der Waals surface area contributed by atoms with Gasteiger partial charge in [-0.05, 0) is 36.1 Å². The molecule has 0 fully saturated rings. The predicted octanol–water partition coefficient (Wildman–Crippen LogP) is 3.71. The Bertz CT molecular complexity index is 915. The van der Waals surface area contributed by atoms with E-state index in [-0.39, 0.29) is 6.04 Å². The molecule has 138 valence electrons. The average molecular weight is 361 g/mol. The summed E-state index contributed by atoms with van der Waals surface area (Å²) in [5.41, 5.74) is 4.86. The first-order valence-electron chi connectivity index (χ1n) is 9.12. The molecule has 1 atom stereocenters. The summed E-state index contributed by atoms with van der Waals surface area (Å²) in [6.45, 7) is 3.49. The quantitative estimate of drug-likeness (QED) is 0.722. The Hall–Kier alpha value is -2.99. The SMILES string of the molecule is COCc1cccc2c1CC(C)N2c1nncc(NCc2ccccc2)n1. The number of hydrogen-bond acceptors (Lipinski definition) is 6. The Morgan fingerprint density at radius 2 is 2.00 bits per heavy atom. The van der Waals surface area contributed by atoms with Crippen molar-refractivity contribution in [1.29, 1.82) is 0 Å². The Morgan fingerprint density at radius 1 is 1.15 bits per heavy atom. The lowest BCUT2D eigenvalue weighted by Gasteiger charge is -2.22. The first-order chi connectivity index (χ1) is 13.3. The van der Waals surface area contributed by atoms with Crippen LogP contribution in [0.25, 0.3) is 0 Å². The van der Waals surface area contributed by atoms with Crippen LogP contribution in [0.3, 0.4) is 0 Å². The molecule has 1 unspecified atom stereocenters. The topological polar surface area (TPSA) is 63.2 Å². The van der Waals surface area contributed by atoms with Crippen molar-refractivity contribution < 1.29 is 4.74 Å². The fourth-order valence-electron chi connectivity index (χ4n) is 3.57. The van der Waals surface area contributed by atoms with Crippen molar-refractivity contribution in [3.05, 3.63) is 71.4 Å². The van der Waals surface area contributed by atoms with E-state index in [1.165, 1.54) is 16.7 Å². The lowest BCUT2D eigenvalue weighted by atomic mass is 10.0. The maximum atomic E-state index is 5.35. The maximum absolute atomic E-state index is 5.35. The first kappa shape index (κ1) is 17.4. The number of rotatable bonds is 6. The van der Waals surface area contributed by atoms with Crippen molar-refractivity contribution in [1.82, 2.24) is 15.2 Å². The number of anilines is 3. The highest BCUT2D eigenvalue weighted by atomic mass is 16.5. The highest BCUT2D eigenvalue weighted by molar-refractivity contribution is 5.69. The van der Waals surface area contributed by atoms with Crippen LogP contribution in [-0.4, -0.2) is 28.3 Å². The van der Waals surface area contributed by atoms with E-state index >= 15 is 0 Å². The fraction of sp³-hybridized carbons (Fsp3) is 0.286. The third-order valence-corrected chi connectivity index (χ3v) is 4.83. The van der Waals surface area contributed by atoms with Gasteiger partial charge in [0.15, 0.2) is 5.82 Å². The molecule has 1 aromatic heterocycles. The summed E-state index contributed by atoms with van der Waals surface area (Å²) in [7, 11) is 1.73. The van der Waals surface area contributed by atoms with Crippen LogP contribution in [0.15, 0.2) is 54.7 Å². The summed E-state index contributed by atoms with van der Waals surface area (Å²) in [5, 5.41) is 11.8. The largest absolute Gasteiger partial charge is 0.380 e. The van der Waals surface area contributed by atoms with Gasteiger partial charge in [-0.2, -0.15) is 10.1 Å². The van der Waals surface area contributed by atoms with Gasteiger partial charge in [0, 0.05) is 25.4 Å². The van der Waals surface area contributed by atoms with Crippen LogP contribution in [0.1, 0.15) is 23.6 Å². The van der Waals surface area contributed by atoms with Gasteiger partial charge in [-0.1, -0.05) is 42.5 Å². The van der Waals surface area contributed by atoms with Crippen molar-refractivity contribution >= 4 is 17.5 Å². The summed E-state index contributed by atoms with van der Waals surface area (Å²) in [5.74, 6) is 1.34. The zero-order chi connectivity index (χ0) is 18.6. The first-order valence-corrected chi connectivity index (χ1v) is 9.12. The maximum Gasteiger partial charge on any atom is 0.252 e. The summed E-state index contributed by atoms with van der Waals surface area (Å²) >= 11 is 0. The van der Waals surface area contributed by atoms with Crippen LogP contribution in [0.2, 0.25) is 0 Å². The second kappa shape index (κ2) is 7.72. The van der Waals surface area contributed by atoms with E-state index in [1.54, 1.807) is 13.3 Å². The van der Waals surface area contributed by atoms with Gasteiger partial charge in [0.2, 0.25) is 0 Å². The number of nitrogens with one attached hydrogen (secondary N) is 1. The van der Waals surface area contributed by atoms with Crippen LogP contribution in [-0.2, 0) is 24.3 Å². The minimum absolute atomic E-state index is 0.268. The molecule has 1 aliphatic rings. The van der Waals surface area contributed by atoms with E-state index in [2.05, 4.69) is 57.7 Å². The minimum Gasteiger partial charge on any atom is -0.380 e. The highest BCUT2D eigenvalue weighted by Gasteiger charge is 2.31. The van der Waals surface area contributed by atoms with E-state index in [0.29, 0.717) is 19.1 Å². The third-order valence-electron chi connectivity index (χ3n) is 4.83. The van der Waals surface area contributed by atoms with E-state index in [9.17, 15) is 0 Å².